The summed E-state index contributed by atoms with van der Waals surface area (Å²) in [6.45, 7) is 3.20. The van der Waals surface area contributed by atoms with E-state index in [4.69, 9.17) is 10.5 Å². The molecule has 0 bridgehead atoms. The number of nitrogens with zero attached hydrogens (tertiary/aromatic N) is 4. The van der Waals surface area contributed by atoms with Crippen molar-refractivity contribution in [2.75, 3.05) is 24.3 Å². The van der Waals surface area contributed by atoms with Gasteiger partial charge in [0.25, 0.3) is 0 Å². The summed E-state index contributed by atoms with van der Waals surface area (Å²) in [7, 11) is 1.95. The first-order valence-electron chi connectivity index (χ1n) is 6.05. The van der Waals surface area contributed by atoms with E-state index in [1.807, 2.05) is 31.0 Å². The normalized spacial score (nSPS) is 10.2. The highest BCUT2D eigenvalue weighted by Gasteiger charge is 2.06. The Bertz CT molecular complexity index is 529. The van der Waals surface area contributed by atoms with Gasteiger partial charge in [-0.15, -0.1) is 0 Å². The van der Waals surface area contributed by atoms with Crippen LogP contribution < -0.4 is 15.4 Å². The average molecular weight is 259 g/mol. The molecule has 0 atom stereocenters. The molecule has 0 fully saturated rings. The third kappa shape index (κ3) is 3.54. The van der Waals surface area contributed by atoms with Gasteiger partial charge in [-0.05, 0) is 18.6 Å². The number of anilines is 2. The fraction of sp³-hybridized carbons (Fsp3) is 0.308. The quantitative estimate of drug-likeness (QED) is 0.876. The maximum absolute atomic E-state index is 5.56. The van der Waals surface area contributed by atoms with Crippen LogP contribution >= 0.6 is 0 Å². The highest BCUT2D eigenvalue weighted by Crippen LogP contribution is 2.16. The lowest BCUT2D eigenvalue weighted by Gasteiger charge is -2.18. The number of nitrogens with two attached hydrogens (primary N) is 1. The predicted octanol–water partition coefficient (Wildman–Crippen LogP) is 1.49. The molecule has 0 saturated carbocycles. The molecular formula is C13H17N5O. The third-order valence-corrected chi connectivity index (χ3v) is 2.58. The first-order chi connectivity index (χ1) is 9.19. The molecule has 100 valence electrons. The molecule has 0 aromatic carbocycles. The van der Waals surface area contributed by atoms with Gasteiger partial charge in [0.15, 0.2) is 0 Å². The Morgan fingerprint density at radius 1 is 1.26 bits per heavy atom. The Morgan fingerprint density at radius 2 is 2.11 bits per heavy atom. The van der Waals surface area contributed by atoms with Crippen molar-refractivity contribution in [3.8, 4) is 5.88 Å². The van der Waals surface area contributed by atoms with E-state index in [2.05, 4.69) is 15.0 Å². The number of hydrogen-bond acceptors (Lipinski definition) is 6. The van der Waals surface area contributed by atoms with E-state index in [9.17, 15) is 0 Å². The van der Waals surface area contributed by atoms with Crippen LogP contribution in [0.25, 0.3) is 0 Å². The summed E-state index contributed by atoms with van der Waals surface area (Å²) in [5, 5.41) is 0. The van der Waals surface area contributed by atoms with E-state index in [1.165, 1.54) is 6.33 Å². The SMILES string of the molecule is CCOc1cc(N(C)Cc2ccc(N)nc2)ncn1. The zero-order valence-electron chi connectivity index (χ0n) is 11.1. The summed E-state index contributed by atoms with van der Waals surface area (Å²) in [6, 6.07) is 5.55. The lowest BCUT2D eigenvalue weighted by molar-refractivity contribution is 0.326. The summed E-state index contributed by atoms with van der Waals surface area (Å²) in [6.07, 6.45) is 3.26. The van der Waals surface area contributed by atoms with Gasteiger partial charge < -0.3 is 15.4 Å². The minimum Gasteiger partial charge on any atom is -0.478 e. The maximum Gasteiger partial charge on any atom is 0.218 e. The maximum atomic E-state index is 5.56. The summed E-state index contributed by atoms with van der Waals surface area (Å²) in [5.74, 6) is 1.90. The summed E-state index contributed by atoms with van der Waals surface area (Å²) >= 11 is 0. The Kier molecular flexibility index (Phi) is 4.12. The van der Waals surface area contributed by atoms with Crippen molar-refractivity contribution in [3.05, 3.63) is 36.3 Å². The fourth-order valence-electron chi connectivity index (χ4n) is 1.65. The Morgan fingerprint density at radius 3 is 2.79 bits per heavy atom. The Hall–Kier alpha value is -2.37. The van der Waals surface area contributed by atoms with Gasteiger partial charge in [-0.25, -0.2) is 15.0 Å². The van der Waals surface area contributed by atoms with E-state index < -0.39 is 0 Å². The summed E-state index contributed by atoms with van der Waals surface area (Å²) in [5.41, 5.74) is 6.62. The lowest BCUT2D eigenvalue weighted by atomic mass is 10.2. The molecule has 0 saturated heterocycles. The van der Waals surface area contributed by atoms with Gasteiger partial charge in [0.2, 0.25) is 5.88 Å². The second-order valence-corrected chi connectivity index (χ2v) is 4.09. The molecule has 0 amide bonds. The van der Waals surface area contributed by atoms with E-state index in [1.54, 1.807) is 12.3 Å². The molecule has 2 heterocycles. The highest BCUT2D eigenvalue weighted by atomic mass is 16.5. The van der Waals surface area contributed by atoms with Crippen LogP contribution in [0.2, 0.25) is 0 Å². The molecule has 0 unspecified atom stereocenters. The second-order valence-electron chi connectivity index (χ2n) is 4.09. The highest BCUT2D eigenvalue weighted by molar-refractivity contribution is 5.41. The second kappa shape index (κ2) is 5.99. The van der Waals surface area contributed by atoms with E-state index in [-0.39, 0.29) is 0 Å². The molecule has 2 aromatic rings. The van der Waals surface area contributed by atoms with Crippen molar-refractivity contribution in [1.29, 1.82) is 0 Å². The van der Waals surface area contributed by atoms with Gasteiger partial charge in [-0.2, -0.15) is 0 Å². The van der Waals surface area contributed by atoms with Gasteiger partial charge >= 0.3 is 0 Å². The monoisotopic (exact) mass is 259 g/mol. The molecule has 19 heavy (non-hydrogen) atoms. The molecular weight excluding hydrogens is 242 g/mol. The number of nitrogen functional groups attached to an aromatic ring is 1. The molecule has 0 spiro atoms. The van der Waals surface area contributed by atoms with E-state index in [0.717, 1.165) is 11.4 Å². The van der Waals surface area contributed by atoms with Crippen LogP contribution in [-0.2, 0) is 6.54 Å². The number of aromatic nitrogens is 3. The van der Waals surface area contributed by atoms with E-state index in [0.29, 0.717) is 24.8 Å². The Balaban J connectivity index is 2.08. The standard InChI is InChI=1S/C13H17N5O/c1-3-19-13-6-12(16-9-17-13)18(2)8-10-4-5-11(14)15-7-10/h4-7,9H,3,8H2,1-2H3,(H2,14,15). The van der Waals surface area contributed by atoms with Crippen LogP contribution in [0.5, 0.6) is 5.88 Å². The zero-order chi connectivity index (χ0) is 13.7. The summed E-state index contributed by atoms with van der Waals surface area (Å²) < 4.78 is 5.36. The lowest BCUT2D eigenvalue weighted by Crippen LogP contribution is -2.18. The molecule has 6 heteroatoms. The van der Waals surface area contributed by atoms with Crippen molar-refractivity contribution >= 4 is 11.6 Å². The van der Waals surface area contributed by atoms with Crippen LogP contribution in [-0.4, -0.2) is 28.6 Å². The topological polar surface area (TPSA) is 77.2 Å². The van der Waals surface area contributed by atoms with Crippen molar-refractivity contribution in [2.45, 2.75) is 13.5 Å². The molecule has 0 radical (unpaired) electrons. The predicted molar refractivity (Wildman–Crippen MR) is 74.0 cm³/mol. The zero-order valence-corrected chi connectivity index (χ0v) is 11.1. The first-order valence-corrected chi connectivity index (χ1v) is 6.05. The fourth-order valence-corrected chi connectivity index (χ4v) is 1.65. The van der Waals surface area contributed by atoms with Gasteiger partial charge in [-0.1, -0.05) is 6.07 Å². The molecule has 0 aliphatic carbocycles. The van der Waals surface area contributed by atoms with Crippen LogP contribution in [0.1, 0.15) is 12.5 Å². The first kappa shape index (κ1) is 13.1. The number of hydrogen-bond donors (Lipinski definition) is 1. The number of rotatable bonds is 5. The molecule has 0 aliphatic rings. The Labute approximate surface area is 112 Å². The van der Waals surface area contributed by atoms with Gasteiger partial charge in [0, 0.05) is 25.9 Å². The summed E-state index contributed by atoms with van der Waals surface area (Å²) in [4.78, 5) is 14.3. The van der Waals surface area contributed by atoms with Crippen LogP contribution in [0.15, 0.2) is 30.7 Å². The van der Waals surface area contributed by atoms with Gasteiger partial charge in [0.05, 0.1) is 6.61 Å². The van der Waals surface area contributed by atoms with Gasteiger partial charge in [0.1, 0.15) is 18.0 Å². The molecule has 2 rings (SSSR count). The molecule has 6 nitrogen and oxygen atoms in total. The molecule has 2 N–H and O–H groups in total. The van der Waals surface area contributed by atoms with Crippen molar-refractivity contribution < 1.29 is 4.74 Å². The van der Waals surface area contributed by atoms with Crippen molar-refractivity contribution in [3.63, 3.8) is 0 Å². The molecule has 2 aromatic heterocycles. The molecule has 0 aliphatic heterocycles. The van der Waals surface area contributed by atoms with Crippen LogP contribution in [0, 0.1) is 0 Å². The van der Waals surface area contributed by atoms with Crippen molar-refractivity contribution in [1.82, 2.24) is 15.0 Å². The van der Waals surface area contributed by atoms with Crippen LogP contribution in [0.4, 0.5) is 11.6 Å². The number of ether oxygens (including phenoxy) is 1. The minimum absolute atomic E-state index is 0.520. The third-order valence-electron chi connectivity index (χ3n) is 2.58. The largest absolute Gasteiger partial charge is 0.478 e. The van der Waals surface area contributed by atoms with Gasteiger partial charge in [-0.3, -0.25) is 0 Å². The van der Waals surface area contributed by atoms with Crippen LogP contribution in [0.3, 0.4) is 0 Å². The smallest absolute Gasteiger partial charge is 0.218 e. The minimum atomic E-state index is 0.520. The van der Waals surface area contributed by atoms with Crippen molar-refractivity contribution in [2.24, 2.45) is 0 Å². The van der Waals surface area contributed by atoms with E-state index >= 15 is 0 Å². The average Bonchev–Trinajstić information content (AvgIpc) is 2.42. The number of pyridine rings is 1.